The van der Waals surface area contributed by atoms with Crippen LogP contribution >= 0.6 is 11.3 Å². The summed E-state index contributed by atoms with van der Waals surface area (Å²) in [5.41, 5.74) is 6.64. The van der Waals surface area contributed by atoms with Gasteiger partial charge in [-0.15, -0.1) is 11.3 Å². The summed E-state index contributed by atoms with van der Waals surface area (Å²) >= 11 is 1.53. The summed E-state index contributed by atoms with van der Waals surface area (Å²) in [6.07, 6.45) is 4.87. The lowest BCUT2D eigenvalue weighted by Crippen LogP contribution is -1.87. The monoisotopic (exact) mass is 170 g/mol. The second-order valence-electron chi connectivity index (χ2n) is 2.63. The SMILES string of the molecule is CCCCCc1csc(N)n1. The molecule has 11 heavy (non-hydrogen) atoms. The normalized spacial score (nSPS) is 10.3. The number of rotatable bonds is 4. The van der Waals surface area contributed by atoms with E-state index in [1.165, 1.54) is 30.6 Å². The van der Waals surface area contributed by atoms with Crippen molar-refractivity contribution in [1.29, 1.82) is 0 Å². The van der Waals surface area contributed by atoms with Crippen LogP contribution in [0.15, 0.2) is 5.38 Å². The molecule has 1 heterocycles. The average molecular weight is 170 g/mol. The summed E-state index contributed by atoms with van der Waals surface area (Å²) in [5, 5.41) is 2.74. The van der Waals surface area contributed by atoms with Gasteiger partial charge in [-0.1, -0.05) is 19.8 Å². The molecule has 2 N–H and O–H groups in total. The smallest absolute Gasteiger partial charge is 0.180 e. The lowest BCUT2D eigenvalue weighted by molar-refractivity contribution is 0.710. The molecule has 0 saturated carbocycles. The fraction of sp³-hybridized carbons (Fsp3) is 0.625. The molecule has 0 aromatic carbocycles. The zero-order valence-corrected chi connectivity index (χ0v) is 7.66. The second-order valence-corrected chi connectivity index (χ2v) is 3.52. The molecule has 62 valence electrons. The van der Waals surface area contributed by atoms with Gasteiger partial charge in [0.15, 0.2) is 5.13 Å². The molecule has 2 nitrogen and oxygen atoms in total. The van der Waals surface area contributed by atoms with Gasteiger partial charge in [-0.3, -0.25) is 0 Å². The Labute approximate surface area is 71.5 Å². The summed E-state index contributed by atoms with van der Waals surface area (Å²) in [5.74, 6) is 0. The summed E-state index contributed by atoms with van der Waals surface area (Å²) in [7, 11) is 0. The van der Waals surface area contributed by atoms with Gasteiger partial charge in [0, 0.05) is 5.38 Å². The fourth-order valence-corrected chi connectivity index (χ4v) is 1.59. The Kier molecular flexibility index (Phi) is 3.36. The summed E-state index contributed by atoms with van der Waals surface area (Å²) in [6.45, 7) is 2.20. The third-order valence-corrected chi connectivity index (χ3v) is 2.33. The summed E-state index contributed by atoms with van der Waals surface area (Å²) < 4.78 is 0. The second kappa shape index (κ2) is 4.34. The highest BCUT2D eigenvalue weighted by Crippen LogP contribution is 2.13. The van der Waals surface area contributed by atoms with Crippen LogP contribution in [-0.4, -0.2) is 4.98 Å². The average Bonchev–Trinajstić information content (AvgIpc) is 2.37. The number of hydrogen-bond acceptors (Lipinski definition) is 3. The quantitative estimate of drug-likeness (QED) is 0.705. The van der Waals surface area contributed by atoms with Crippen molar-refractivity contribution in [3.63, 3.8) is 0 Å². The van der Waals surface area contributed by atoms with E-state index in [4.69, 9.17) is 5.73 Å². The van der Waals surface area contributed by atoms with Crippen molar-refractivity contribution in [3.05, 3.63) is 11.1 Å². The molecule has 0 aliphatic carbocycles. The predicted molar refractivity (Wildman–Crippen MR) is 49.8 cm³/mol. The summed E-state index contributed by atoms with van der Waals surface area (Å²) in [6, 6.07) is 0. The van der Waals surface area contributed by atoms with Crippen LogP contribution < -0.4 is 5.73 Å². The van der Waals surface area contributed by atoms with Crippen LogP contribution in [0.2, 0.25) is 0 Å². The Morgan fingerprint density at radius 3 is 2.91 bits per heavy atom. The van der Waals surface area contributed by atoms with Crippen LogP contribution in [0.3, 0.4) is 0 Å². The predicted octanol–water partition coefficient (Wildman–Crippen LogP) is 2.46. The Balaban J connectivity index is 2.27. The van der Waals surface area contributed by atoms with Crippen LogP contribution in [0.1, 0.15) is 31.9 Å². The molecule has 1 aromatic heterocycles. The molecule has 0 atom stereocenters. The van der Waals surface area contributed by atoms with E-state index in [1.54, 1.807) is 0 Å². The number of hydrogen-bond donors (Lipinski definition) is 1. The summed E-state index contributed by atoms with van der Waals surface area (Å²) in [4.78, 5) is 4.18. The van der Waals surface area contributed by atoms with Gasteiger partial charge in [-0.05, 0) is 12.8 Å². The van der Waals surface area contributed by atoms with Gasteiger partial charge in [0.25, 0.3) is 0 Å². The molecule has 0 radical (unpaired) electrons. The van der Waals surface area contributed by atoms with Crippen LogP contribution in [0, 0.1) is 0 Å². The number of thiazole rings is 1. The molecule has 0 saturated heterocycles. The van der Waals surface area contributed by atoms with Crippen molar-refractivity contribution in [2.45, 2.75) is 32.6 Å². The van der Waals surface area contributed by atoms with Crippen molar-refractivity contribution in [1.82, 2.24) is 4.98 Å². The van der Waals surface area contributed by atoms with Gasteiger partial charge in [0.1, 0.15) is 0 Å². The standard InChI is InChI=1S/C8H14N2S/c1-2-3-4-5-7-6-11-8(9)10-7/h6H,2-5H2,1H3,(H2,9,10). The lowest BCUT2D eigenvalue weighted by atomic mass is 10.2. The molecule has 0 fully saturated rings. The molecule has 0 aliphatic heterocycles. The van der Waals surface area contributed by atoms with Gasteiger partial charge in [0.2, 0.25) is 0 Å². The third-order valence-electron chi connectivity index (χ3n) is 1.61. The molecule has 3 heteroatoms. The number of nitrogens with zero attached hydrogens (tertiary/aromatic N) is 1. The molecule has 0 amide bonds. The molecule has 0 unspecified atom stereocenters. The number of aromatic nitrogens is 1. The van der Waals surface area contributed by atoms with Gasteiger partial charge in [-0.25, -0.2) is 4.98 Å². The highest BCUT2D eigenvalue weighted by atomic mass is 32.1. The molecule has 1 aromatic rings. The topological polar surface area (TPSA) is 38.9 Å². The molecule has 0 bridgehead atoms. The van der Waals surface area contributed by atoms with E-state index in [1.807, 2.05) is 5.38 Å². The largest absolute Gasteiger partial charge is 0.375 e. The van der Waals surface area contributed by atoms with E-state index >= 15 is 0 Å². The molecule has 0 aliphatic rings. The van der Waals surface area contributed by atoms with E-state index in [0.717, 1.165) is 12.1 Å². The van der Waals surface area contributed by atoms with E-state index in [-0.39, 0.29) is 0 Å². The van der Waals surface area contributed by atoms with E-state index in [0.29, 0.717) is 5.13 Å². The van der Waals surface area contributed by atoms with Crippen LogP contribution in [0.4, 0.5) is 5.13 Å². The van der Waals surface area contributed by atoms with Crippen LogP contribution in [-0.2, 0) is 6.42 Å². The minimum absolute atomic E-state index is 0.691. The molecular weight excluding hydrogens is 156 g/mol. The van der Waals surface area contributed by atoms with Gasteiger partial charge < -0.3 is 5.73 Å². The molecular formula is C8H14N2S. The minimum atomic E-state index is 0.691. The van der Waals surface area contributed by atoms with Crippen LogP contribution in [0.5, 0.6) is 0 Å². The lowest BCUT2D eigenvalue weighted by Gasteiger charge is -1.93. The number of aryl methyl sites for hydroxylation is 1. The van der Waals surface area contributed by atoms with Crippen molar-refractivity contribution in [2.24, 2.45) is 0 Å². The first-order valence-electron chi connectivity index (χ1n) is 4.03. The molecule has 0 spiro atoms. The van der Waals surface area contributed by atoms with Gasteiger partial charge >= 0.3 is 0 Å². The number of nitrogen functional groups attached to an aromatic ring is 1. The maximum Gasteiger partial charge on any atom is 0.180 e. The number of unbranched alkanes of at least 4 members (excludes halogenated alkanes) is 2. The fourth-order valence-electron chi connectivity index (χ4n) is 0.994. The van der Waals surface area contributed by atoms with Gasteiger partial charge in [-0.2, -0.15) is 0 Å². The van der Waals surface area contributed by atoms with Crippen molar-refractivity contribution in [3.8, 4) is 0 Å². The Morgan fingerprint density at radius 2 is 2.36 bits per heavy atom. The minimum Gasteiger partial charge on any atom is -0.375 e. The zero-order valence-electron chi connectivity index (χ0n) is 6.84. The van der Waals surface area contributed by atoms with Crippen molar-refractivity contribution in [2.75, 3.05) is 5.73 Å². The van der Waals surface area contributed by atoms with Gasteiger partial charge in [0.05, 0.1) is 5.69 Å². The van der Waals surface area contributed by atoms with Crippen molar-refractivity contribution >= 4 is 16.5 Å². The Morgan fingerprint density at radius 1 is 1.55 bits per heavy atom. The maximum atomic E-state index is 5.49. The van der Waals surface area contributed by atoms with E-state index < -0.39 is 0 Å². The third kappa shape index (κ3) is 2.89. The molecule has 1 rings (SSSR count). The van der Waals surface area contributed by atoms with E-state index in [2.05, 4.69) is 11.9 Å². The Hall–Kier alpha value is -0.570. The number of anilines is 1. The maximum absolute atomic E-state index is 5.49. The first-order chi connectivity index (χ1) is 5.33. The first-order valence-corrected chi connectivity index (χ1v) is 4.90. The van der Waals surface area contributed by atoms with E-state index in [9.17, 15) is 0 Å². The van der Waals surface area contributed by atoms with Crippen LogP contribution in [0.25, 0.3) is 0 Å². The highest BCUT2D eigenvalue weighted by molar-refractivity contribution is 7.13. The Bertz CT molecular complexity index is 208. The zero-order chi connectivity index (χ0) is 8.10. The first kappa shape index (κ1) is 8.53. The highest BCUT2D eigenvalue weighted by Gasteiger charge is 1.96. The number of nitrogens with two attached hydrogens (primary N) is 1. The van der Waals surface area contributed by atoms with Crippen molar-refractivity contribution < 1.29 is 0 Å².